The minimum atomic E-state index is -3.66. The Morgan fingerprint density at radius 1 is 1.10 bits per heavy atom. The number of benzene rings is 2. The SMILES string of the molecule is COc1ccc(N([C@@H](C)C(=O)N2CCN(c3cc(Cl)ccc3C)CC2)S(C)(=O)=O)cc1. The van der Waals surface area contributed by atoms with Gasteiger partial charge in [0.15, 0.2) is 0 Å². The highest BCUT2D eigenvalue weighted by molar-refractivity contribution is 7.92. The van der Waals surface area contributed by atoms with E-state index in [1.165, 1.54) is 4.31 Å². The molecule has 0 saturated carbocycles. The maximum absolute atomic E-state index is 13.2. The van der Waals surface area contributed by atoms with E-state index in [0.29, 0.717) is 42.6 Å². The first-order valence-corrected chi connectivity index (χ1v) is 12.3. The molecule has 1 aliphatic heterocycles. The average Bonchev–Trinajstić information content (AvgIpc) is 2.74. The molecule has 1 atom stereocenters. The number of carbonyl (C=O) groups is 1. The third kappa shape index (κ3) is 5.25. The largest absolute Gasteiger partial charge is 0.497 e. The molecule has 2 aromatic rings. The van der Waals surface area contributed by atoms with Gasteiger partial charge in [0.2, 0.25) is 15.9 Å². The molecule has 168 valence electrons. The van der Waals surface area contributed by atoms with E-state index in [1.54, 1.807) is 43.2 Å². The van der Waals surface area contributed by atoms with Crippen LogP contribution in [-0.2, 0) is 14.8 Å². The van der Waals surface area contributed by atoms with Crippen LogP contribution in [0.25, 0.3) is 0 Å². The van der Waals surface area contributed by atoms with Crippen LogP contribution in [0.5, 0.6) is 5.75 Å². The number of amides is 1. The van der Waals surface area contributed by atoms with E-state index in [0.717, 1.165) is 17.5 Å². The Labute approximate surface area is 189 Å². The second kappa shape index (κ2) is 9.36. The van der Waals surface area contributed by atoms with Crippen molar-refractivity contribution in [3.8, 4) is 5.75 Å². The lowest BCUT2D eigenvalue weighted by Gasteiger charge is -2.39. The van der Waals surface area contributed by atoms with E-state index in [-0.39, 0.29) is 5.91 Å². The molecule has 1 amide bonds. The Bertz CT molecular complexity index is 1040. The number of sulfonamides is 1. The van der Waals surface area contributed by atoms with Crippen molar-refractivity contribution in [1.29, 1.82) is 0 Å². The van der Waals surface area contributed by atoms with E-state index < -0.39 is 16.1 Å². The Morgan fingerprint density at radius 3 is 2.26 bits per heavy atom. The summed E-state index contributed by atoms with van der Waals surface area (Å²) in [4.78, 5) is 17.1. The lowest BCUT2D eigenvalue weighted by atomic mass is 10.1. The van der Waals surface area contributed by atoms with Crippen molar-refractivity contribution in [2.24, 2.45) is 0 Å². The number of carbonyl (C=O) groups excluding carboxylic acids is 1. The summed E-state index contributed by atoms with van der Waals surface area (Å²) in [6.07, 6.45) is 1.11. The number of hydrogen-bond acceptors (Lipinski definition) is 5. The van der Waals surface area contributed by atoms with Crippen LogP contribution in [0.4, 0.5) is 11.4 Å². The fraction of sp³-hybridized carbons (Fsp3) is 0.409. The number of piperazine rings is 1. The molecule has 31 heavy (non-hydrogen) atoms. The van der Waals surface area contributed by atoms with Gasteiger partial charge in [0.25, 0.3) is 0 Å². The lowest BCUT2D eigenvalue weighted by Crippen LogP contribution is -2.55. The van der Waals surface area contributed by atoms with Crippen LogP contribution in [0, 0.1) is 6.92 Å². The molecule has 1 heterocycles. The molecule has 0 radical (unpaired) electrons. The summed E-state index contributed by atoms with van der Waals surface area (Å²) in [7, 11) is -2.12. The second-order valence-corrected chi connectivity index (χ2v) is 9.97. The maximum atomic E-state index is 13.2. The Kier molecular flexibility index (Phi) is 7.01. The fourth-order valence-electron chi connectivity index (χ4n) is 3.89. The van der Waals surface area contributed by atoms with Gasteiger partial charge in [-0.1, -0.05) is 17.7 Å². The maximum Gasteiger partial charge on any atom is 0.246 e. The normalized spacial score (nSPS) is 15.5. The number of aryl methyl sites for hydroxylation is 1. The third-order valence-electron chi connectivity index (χ3n) is 5.50. The summed E-state index contributed by atoms with van der Waals surface area (Å²) in [5.41, 5.74) is 2.61. The van der Waals surface area contributed by atoms with Gasteiger partial charge in [-0.3, -0.25) is 9.10 Å². The van der Waals surface area contributed by atoms with E-state index in [1.807, 2.05) is 25.1 Å². The summed E-state index contributed by atoms with van der Waals surface area (Å²) in [6, 6.07) is 11.6. The molecule has 1 aliphatic rings. The predicted molar refractivity (Wildman–Crippen MR) is 125 cm³/mol. The summed E-state index contributed by atoms with van der Waals surface area (Å²) in [5, 5.41) is 0.677. The van der Waals surface area contributed by atoms with Gasteiger partial charge in [-0.25, -0.2) is 8.42 Å². The van der Waals surface area contributed by atoms with Crippen molar-refractivity contribution in [2.75, 3.05) is 48.7 Å². The van der Waals surface area contributed by atoms with Gasteiger partial charge >= 0.3 is 0 Å². The van der Waals surface area contributed by atoms with Crippen molar-refractivity contribution in [3.05, 3.63) is 53.1 Å². The van der Waals surface area contributed by atoms with Crippen LogP contribution in [0.1, 0.15) is 12.5 Å². The number of methoxy groups -OCH3 is 1. The van der Waals surface area contributed by atoms with Gasteiger partial charge < -0.3 is 14.5 Å². The minimum Gasteiger partial charge on any atom is -0.497 e. The van der Waals surface area contributed by atoms with Crippen LogP contribution in [-0.4, -0.2) is 64.8 Å². The molecule has 0 unspecified atom stereocenters. The Hall–Kier alpha value is -2.45. The number of nitrogens with zero attached hydrogens (tertiary/aromatic N) is 3. The molecule has 7 nitrogen and oxygen atoms in total. The highest BCUT2D eigenvalue weighted by Gasteiger charge is 2.33. The fourth-order valence-corrected chi connectivity index (χ4v) is 5.22. The Balaban J connectivity index is 1.74. The highest BCUT2D eigenvalue weighted by atomic mass is 35.5. The van der Waals surface area contributed by atoms with Crippen LogP contribution < -0.4 is 13.9 Å². The molecule has 0 spiro atoms. The second-order valence-electron chi connectivity index (χ2n) is 7.68. The van der Waals surface area contributed by atoms with Crippen LogP contribution in [0.15, 0.2) is 42.5 Å². The van der Waals surface area contributed by atoms with Gasteiger partial charge in [-0.15, -0.1) is 0 Å². The topological polar surface area (TPSA) is 70.2 Å². The van der Waals surface area contributed by atoms with Crippen molar-refractivity contribution in [3.63, 3.8) is 0 Å². The van der Waals surface area contributed by atoms with Gasteiger partial charge in [0, 0.05) is 36.9 Å². The van der Waals surface area contributed by atoms with Crippen molar-refractivity contribution in [1.82, 2.24) is 4.90 Å². The summed E-state index contributed by atoms with van der Waals surface area (Å²) in [6.45, 7) is 5.98. The molecule has 2 aromatic carbocycles. The molecule has 0 N–H and O–H groups in total. The van der Waals surface area contributed by atoms with E-state index in [4.69, 9.17) is 16.3 Å². The average molecular weight is 466 g/mol. The molecular weight excluding hydrogens is 438 g/mol. The summed E-state index contributed by atoms with van der Waals surface area (Å²) in [5.74, 6) is 0.396. The van der Waals surface area contributed by atoms with E-state index in [2.05, 4.69) is 4.90 Å². The molecule has 9 heteroatoms. The quantitative estimate of drug-likeness (QED) is 0.655. The van der Waals surface area contributed by atoms with Crippen LogP contribution in [0.3, 0.4) is 0 Å². The first-order chi connectivity index (χ1) is 14.6. The zero-order valence-electron chi connectivity index (χ0n) is 18.2. The zero-order chi connectivity index (χ0) is 22.8. The van der Waals surface area contributed by atoms with E-state index >= 15 is 0 Å². The van der Waals surface area contributed by atoms with Gasteiger partial charge in [-0.2, -0.15) is 0 Å². The number of halogens is 1. The number of hydrogen-bond donors (Lipinski definition) is 0. The molecule has 3 rings (SSSR count). The highest BCUT2D eigenvalue weighted by Crippen LogP contribution is 2.27. The molecule has 1 fully saturated rings. The van der Waals surface area contributed by atoms with Gasteiger partial charge in [0.05, 0.1) is 19.1 Å². The van der Waals surface area contributed by atoms with Crippen molar-refractivity contribution in [2.45, 2.75) is 19.9 Å². The number of anilines is 2. The molecule has 0 aliphatic carbocycles. The standard InChI is InChI=1S/C22H28ClN3O4S/c1-16-5-6-18(23)15-21(16)24-11-13-25(14-12-24)22(27)17(2)26(31(4,28)29)19-7-9-20(30-3)10-8-19/h5-10,15,17H,11-14H2,1-4H3/t17-/m0/s1. The first-order valence-electron chi connectivity index (χ1n) is 10.0. The van der Waals surface area contributed by atoms with Gasteiger partial charge in [-0.05, 0) is 55.8 Å². The van der Waals surface area contributed by atoms with E-state index in [9.17, 15) is 13.2 Å². The van der Waals surface area contributed by atoms with Gasteiger partial charge in [0.1, 0.15) is 11.8 Å². The molecule has 0 aromatic heterocycles. The molecule has 1 saturated heterocycles. The number of rotatable bonds is 6. The zero-order valence-corrected chi connectivity index (χ0v) is 19.8. The smallest absolute Gasteiger partial charge is 0.246 e. The van der Waals surface area contributed by atoms with Crippen LogP contribution in [0.2, 0.25) is 5.02 Å². The summed E-state index contributed by atoms with van der Waals surface area (Å²) < 4.78 is 31.4. The Morgan fingerprint density at radius 2 is 1.71 bits per heavy atom. The number of ether oxygens (including phenoxy) is 1. The minimum absolute atomic E-state index is 0.219. The monoisotopic (exact) mass is 465 g/mol. The van der Waals surface area contributed by atoms with Crippen molar-refractivity contribution < 1.29 is 17.9 Å². The molecular formula is C22H28ClN3O4S. The third-order valence-corrected chi connectivity index (χ3v) is 6.97. The summed E-state index contributed by atoms with van der Waals surface area (Å²) >= 11 is 6.15. The van der Waals surface area contributed by atoms with Crippen molar-refractivity contribution >= 4 is 38.9 Å². The first kappa shape index (κ1) is 23.2. The molecule has 0 bridgehead atoms. The van der Waals surface area contributed by atoms with Crippen LogP contribution >= 0.6 is 11.6 Å². The predicted octanol–water partition coefficient (Wildman–Crippen LogP) is 3.16. The lowest BCUT2D eigenvalue weighted by molar-refractivity contribution is -0.132.